The van der Waals surface area contributed by atoms with Crippen molar-refractivity contribution >= 4 is 17.7 Å². The van der Waals surface area contributed by atoms with Crippen molar-refractivity contribution in [1.29, 1.82) is 0 Å². The summed E-state index contributed by atoms with van der Waals surface area (Å²) in [5.74, 6) is -0.878. The molecule has 0 aliphatic heterocycles. The smallest absolute Gasteiger partial charge is 0.313 e. The number of ether oxygens (including phenoxy) is 1. The summed E-state index contributed by atoms with van der Waals surface area (Å²) < 4.78 is 6.34. The summed E-state index contributed by atoms with van der Waals surface area (Å²) in [4.78, 5) is 22.7. The van der Waals surface area contributed by atoms with E-state index in [2.05, 4.69) is 10.5 Å². The molecule has 0 radical (unpaired) electrons. The van der Waals surface area contributed by atoms with E-state index in [0.717, 1.165) is 0 Å². The van der Waals surface area contributed by atoms with E-state index in [9.17, 15) is 9.59 Å². The molecule has 0 atom stereocenters. The Balaban J connectivity index is 2.51. The third kappa shape index (κ3) is 3.93. The molecule has 0 aliphatic carbocycles. The topological polar surface area (TPSA) is 98.7 Å². The van der Waals surface area contributed by atoms with Crippen LogP contribution in [-0.4, -0.2) is 28.9 Å². The van der Waals surface area contributed by atoms with Crippen molar-refractivity contribution in [1.82, 2.24) is 9.99 Å². The predicted molar refractivity (Wildman–Crippen MR) is 65.8 cm³/mol. The zero-order valence-electron chi connectivity index (χ0n) is 10.3. The highest BCUT2D eigenvalue weighted by Gasteiger charge is 2.09. The number of nitrogens with zero attached hydrogens (tertiary/aromatic N) is 2. The van der Waals surface area contributed by atoms with Crippen LogP contribution in [0.4, 0.5) is 0 Å². The van der Waals surface area contributed by atoms with E-state index in [0.29, 0.717) is 5.69 Å². The molecule has 0 unspecified atom stereocenters. The van der Waals surface area contributed by atoms with E-state index < -0.39 is 11.9 Å². The second kappa shape index (κ2) is 6.43. The zero-order chi connectivity index (χ0) is 13.5. The first-order valence-corrected chi connectivity index (χ1v) is 5.44. The van der Waals surface area contributed by atoms with Gasteiger partial charge in [-0.05, 0) is 19.1 Å². The summed E-state index contributed by atoms with van der Waals surface area (Å²) in [7, 11) is 1.74. The summed E-state index contributed by atoms with van der Waals surface area (Å²) in [6.45, 7) is 1.98. The quantitative estimate of drug-likeness (QED) is 0.333. The summed E-state index contributed by atoms with van der Waals surface area (Å²) in [6, 6.07) is 3.38. The second-order valence-electron chi connectivity index (χ2n) is 3.53. The summed E-state index contributed by atoms with van der Waals surface area (Å²) in [6.07, 6.45) is 1.59. The molecule has 0 aromatic carbocycles. The molecule has 0 saturated carbocycles. The Morgan fingerprint density at radius 3 is 2.83 bits per heavy atom. The van der Waals surface area contributed by atoms with Crippen molar-refractivity contribution in [2.24, 2.45) is 17.9 Å². The first-order chi connectivity index (χ1) is 8.54. The van der Waals surface area contributed by atoms with Crippen molar-refractivity contribution in [2.75, 3.05) is 6.61 Å². The normalized spacial score (nSPS) is 11.1. The Morgan fingerprint density at radius 1 is 1.56 bits per heavy atom. The van der Waals surface area contributed by atoms with Crippen LogP contribution >= 0.6 is 0 Å². The van der Waals surface area contributed by atoms with Crippen molar-refractivity contribution in [3.8, 4) is 0 Å². The second-order valence-corrected chi connectivity index (χ2v) is 3.53. The lowest BCUT2D eigenvalue weighted by atomic mass is 10.4. The van der Waals surface area contributed by atoms with Crippen LogP contribution in [0.5, 0.6) is 0 Å². The molecule has 7 heteroatoms. The van der Waals surface area contributed by atoms with Gasteiger partial charge in [0.1, 0.15) is 18.0 Å². The minimum Gasteiger partial charge on any atom is -0.466 e. The van der Waals surface area contributed by atoms with Crippen LogP contribution in [0.25, 0.3) is 0 Å². The van der Waals surface area contributed by atoms with Gasteiger partial charge < -0.3 is 15.0 Å². The molecule has 0 bridgehead atoms. The number of hydrogen-bond donors (Lipinski definition) is 2. The molecule has 7 nitrogen and oxygen atoms in total. The molecule has 1 heterocycles. The number of aryl methyl sites for hydroxylation is 1. The van der Waals surface area contributed by atoms with Crippen LogP contribution in [0.2, 0.25) is 0 Å². The highest BCUT2D eigenvalue weighted by molar-refractivity contribution is 5.98. The molecule has 98 valence electrons. The van der Waals surface area contributed by atoms with Crippen LogP contribution in [-0.2, 0) is 16.6 Å². The maximum absolute atomic E-state index is 11.6. The number of nitrogens with two attached hydrogens (primary N) is 1. The van der Waals surface area contributed by atoms with Crippen LogP contribution in [0.3, 0.4) is 0 Å². The number of aromatic nitrogens is 1. The number of carbonyl (C=O) groups excluding carboxylic acids is 2. The maximum Gasteiger partial charge on any atom is 0.313 e. The number of amides is 1. The molecule has 1 rings (SSSR count). The third-order valence-corrected chi connectivity index (χ3v) is 2.11. The van der Waals surface area contributed by atoms with E-state index in [1.807, 2.05) is 0 Å². The highest BCUT2D eigenvalue weighted by atomic mass is 16.5. The van der Waals surface area contributed by atoms with Gasteiger partial charge in [-0.2, -0.15) is 5.10 Å². The Kier molecular flexibility index (Phi) is 4.91. The minimum absolute atomic E-state index is 0.00370. The fraction of sp³-hybridized carbons (Fsp3) is 0.364. The number of esters is 1. The molecular weight excluding hydrogens is 236 g/mol. The van der Waals surface area contributed by atoms with Gasteiger partial charge in [0.15, 0.2) is 0 Å². The monoisotopic (exact) mass is 252 g/mol. The van der Waals surface area contributed by atoms with E-state index in [-0.39, 0.29) is 18.9 Å². The Bertz CT molecular complexity index is 465. The van der Waals surface area contributed by atoms with Crippen LogP contribution < -0.4 is 11.2 Å². The number of carbonyl (C=O) groups is 2. The van der Waals surface area contributed by atoms with E-state index >= 15 is 0 Å². The van der Waals surface area contributed by atoms with Gasteiger partial charge in [-0.1, -0.05) is 0 Å². The van der Waals surface area contributed by atoms with Gasteiger partial charge in [0, 0.05) is 13.2 Å². The molecule has 0 spiro atoms. The van der Waals surface area contributed by atoms with Crippen LogP contribution in [0.1, 0.15) is 23.8 Å². The molecule has 18 heavy (non-hydrogen) atoms. The Morgan fingerprint density at radius 2 is 2.28 bits per heavy atom. The highest BCUT2D eigenvalue weighted by Crippen LogP contribution is 1.98. The number of nitrogens with one attached hydrogen (secondary N) is 1. The molecule has 0 saturated heterocycles. The first kappa shape index (κ1) is 13.8. The molecule has 1 aromatic heterocycles. The largest absolute Gasteiger partial charge is 0.466 e. The lowest BCUT2D eigenvalue weighted by Crippen LogP contribution is -2.26. The summed E-state index contributed by atoms with van der Waals surface area (Å²) >= 11 is 0. The number of amidine groups is 1. The molecule has 3 N–H and O–H groups in total. The molecule has 1 amide bonds. The zero-order valence-corrected chi connectivity index (χ0v) is 10.3. The molecule has 1 aromatic rings. The molecule has 0 aliphatic rings. The van der Waals surface area contributed by atoms with Gasteiger partial charge in [0.05, 0.1) is 6.61 Å². The Labute approximate surface area is 105 Å². The van der Waals surface area contributed by atoms with Gasteiger partial charge in [-0.3, -0.25) is 9.59 Å². The number of hydrogen-bond acceptors (Lipinski definition) is 4. The lowest BCUT2D eigenvalue weighted by Gasteiger charge is -2.03. The maximum atomic E-state index is 11.6. The molecular formula is C11H16N4O3. The standard InChI is InChI=1S/C11H16N4O3/c1-3-18-10(16)7-9(12)13-14-11(17)8-5-4-6-15(8)2/h4-6H,3,7H2,1-2H3,(H2,12,13)(H,14,17). The molecule has 0 fully saturated rings. The number of rotatable bonds is 5. The van der Waals surface area contributed by atoms with Crippen molar-refractivity contribution < 1.29 is 14.3 Å². The average Bonchev–Trinajstić information content (AvgIpc) is 2.72. The van der Waals surface area contributed by atoms with Gasteiger partial charge in [-0.25, -0.2) is 5.43 Å². The SMILES string of the molecule is CCOC(=O)CC(N)=NNC(=O)c1cccn1C. The van der Waals surface area contributed by atoms with E-state index in [1.54, 1.807) is 36.9 Å². The van der Waals surface area contributed by atoms with E-state index in [1.165, 1.54) is 0 Å². The fourth-order valence-electron chi connectivity index (χ4n) is 1.28. The van der Waals surface area contributed by atoms with Crippen molar-refractivity contribution in [3.05, 3.63) is 24.0 Å². The van der Waals surface area contributed by atoms with Gasteiger partial charge in [0.2, 0.25) is 0 Å². The Hall–Kier alpha value is -2.31. The van der Waals surface area contributed by atoms with Crippen LogP contribution in [0.15, 0.2) is 23.4 Å². The van der Waals surface area contributed by atoms with Gasteiger partial charge in [0.25, 0.3) is 5.91 Å². The lowest BCUT2D eigenvalue weighted by molar-refractivity contribution is -0.141. The van der Waals surface area contributed by atoms with Crippen molar-refractivity contribution in [2.45, 2.75) is 13.3 Å². The van der Waals surface area contributed by atoms with Crippen LogP contribution in [0, 0.1) is 0 Å². The number of hydrazone groups is 1. The summed E-state index contributed by atoms with van der Waals surface area (Å²) in [5.41, 5.74) is 8.19. The fourth-order valence-corrected chi connectivity index (χ4v) is 1.28. The van der Waals surface area contributed by atoms with Gasteiger partial charge in [-0.15, -0.1) is 0 Å². The first-order valence-electron chi connectivity index (χ1n) is 5.44. The predicted octanol–water partition coefficient (Wildman–Crippen LogP) is -0.0197. The average molecular weight is 252 g/mol. The van der Waals surface area contributed by atoms with E-state index in [4.69, 9.17) is 10.5 Å². The van der Waals surface area contributed by atoms with Crippen molar-refractivity contribution in [3.63, 3.8) is 0 Å². The third-order valence-electron chi connectivity index (χ3n) is 2.11. The minimum atomic E-state index is -0.480. The van der Waals surface area contributed by atoms with Gasteiger partial charge >= 0.3 is 5.97 Å². The summed E-state index contributed by atoms with van der Waals surface area (Å²) in [5, 5.41) is 3.62.